The first-order valence-electron chi connectivity index (χ1n) is 9.29. The fraction of sp³-hybridized carbons (Fsp3) is 0.364. The number of carboxylic acids is 1. The molecule has 0 fully saturated rings. The molecule has 0 saturated heterocycles. The number of allylic oxidation sites excluding steroid dienone is 1. The van der Waals surface area contributed by atoms with Crippen molar-refractivity contribution in [3.8, 4) is 11.5 Å². The van der Waals surface area contributed by atoms with Gasteiger partial charge in [0.1, 0.15) is 0 Å². The number of benzene rings is 1. The third-order valence-corrected chi connectivity index (χ3v) is 4.10. The number of pyridine rings is 1. The Morgan fingerprint density at radius 3 is 2.70 bits per heavy atom. The number of methoxy groups -OCH3 is 1. The molecule has 2 rings (SSSR count). The molecule has 1 aromatic heterocycles. The molecule has 1 heterocycles. The monoisotopic (exact) mass is 369 g/mol. The maximum absolute atomic E-state index is 10.7. The molecular formula is C22H27NO4. The second kappa shape index (κ2) is 11.0. The molecule has 0 aliphatic carbocycles. The molecule has 5 nitrogen and oxygen atoms in total. The molecule has 0 unspecified atom stereocenters. The molecule has 5 heteroatoms. The number of aromatic nitrogens is 1. The van der Waals surface area contributed by atoms with Crippen molar-refractivity contribution in [2.75, 3.05) is 13.7 Å². The van der Waals surface area contributed by atoms with Crippen LogP contribution in [0.15, 0.2) is 48.8 Å². The summed E-state index contributed by atoms with van der Waals surface area (Å²) in [7, 11) is 1.64. The van der Waals surface area contributed by atoms with Crippen molar-refractivity contribution in [3.05, 3.63) is 59.9 Å². The Morgan fingerprint density at radius 1 is 1.19 bits per heavy atom. The molecule has 0 radical (unpaired) electrons. The number of unbranched alkanes of at least 4 members (excludes halogenated alkanes) is 2. The Balaban J connectivity index is 2.26. The van der Waals surface area contributed by atoms with Gasteiger partial charge in [0.05, 0.1) is 13.7 Å². The lowest BCUT2D eigenvalue weighted by Gasteiger charge is -2.14. The summed E-state index contributed by atoms with van der Waals surface area (Å²) in [4.78, 5) is 14.9. The number of hydrogen-bond donors (Lipinski definition) is 1. The number of ether oxygens (including phenoxy) is 2. The van der Waals surface area contributed by atoms with Gasteiger partial charge in [0.2, 0.25) is 0 Å². The smallest absolute Gasteiger partial charge is 0.303 e. The number of carbonyl (C=O) groups is 1. The van der Waals surface area contributed by atoms with E-state index in [0.29, 0.717) is 18.8 Å². The van der Waals surface area contributed by atoms with Gasteiger partial charge in [0, 0.05) is 24.4 Å². The van der Waals surface area contributed by atoms with Crippen LogP contribution in [0.4, 0.5) is 0 Å². The summed E-state index contributed by atoms with van der Waals surface area (Å²) in [5.41, 5.74) is 3.08. The zero-order valence-electron chi connectivity index (χ0n) is 16.0. The van der Waals surface area contributed by atoms with Gasteiger partial charge >= 0.3 is 5.97 Å². The lowest BCUT2D eigenvalue weighted by atomic mass is 9.97. The lowest BCUT2D eigenvalue weighted by Crippen LogP contribution is -1.99. The van der Waals surface area contributed by atoms with Crippen LogP contribution in [0.2, 0.25) is 0 Å². The van der Waals surface area contributed by atoms with Gasteiger partial charge in [-0.25, -0.2) is 0 Å². The number of nitrogens with zero attached hydrogens (tertiary/aromatic N) is 1. The van der Waals surface area contributed by atoms with Crippen molar-refractivity contribution in [1.29, 1.82) is 0 Å². The molecule has 144 valence electrons. The van der Waals surface area contributed by atoms with Crippen LogP contribution in [0.1, 0.15) is 50.2 Å². The van der Waals surface area contributed by atoms with E-state index < -0.39 is 5.97 Å². The van der Waals surface area contributed by atoms with Crippen molar-refractivity contribution in [1.82, 2.24) is 4.98 Å². The quantitative estimate of drug-likeness (QED) is 0.567. The van der Waals surface area contributed by atoms with E-state index in [1.165, 1.54) is 0 Å². The van der Waals surface area contributed by atoms with Crippen LogP contribution in [0, 0.1) is 0 Å². The fourth-order valence-electron chi connectivity index (χ4n) is 2.76. The molecule has 0 aliphatic heterocycles. The minimum Gasteiger partial charge on any atom is -0.493 e. The zero-order chi connectivity index (χ0) is 19.5. The topological polar surface area (TPSA) is 68.7 Å². The van der Waals surface area contributed by atoms with E-state index in [2.05, 4.69) is 18.0 Å². The third-order valence-electron chi connectivity index (χ3n) is 4.10. The molecule has 0 amide bonds. The number of rotatable bonds is 11. The van der Waals surface area contributed by atoms with Gasteiger partial charge in [-0.2, -0.15) is 0 Å². The average molecular weight is 369 g/mol. The second-order valence-electron chi connectivity index (χ2n) is 6.21. The van der Waals surface area contributed by atoms with Crippen LogP contribution in [-0.2, 0) is 4.79 Å². The van der Waals surface area contributed by atoms with Crippen LogP contribution >= 0.6 is 0 Å². The normalized spacial score (nSPS) is 11.3. The fourth-order valence-corrected chi connectivity index (χ4v) is 2.76. The van der Waals surface area contributed by atoms with Crippen molar-refractivity contribution >= 4 is 11.5 Å². The minimum atomic E-state index is -0.751. The Bertz CT molecular complexity index is 756. The Hall–Kier alpha value is -2.82. The molecule has 0 bridgehead atoms. The Morgan fingerprint density at radius 2 is 2.04 bits per heavy atom. The highest BCUT2D eigenvalue weighted by atomic mass is 16.5. The van der Waals surface area contributed by atoms with E-state index in [-0.39, 0.29) is 6.42 Å². The van der Waals surface area contributed by atoms with E-state index >= 15 is 0 Å². The summed E-state index contributed by atoms with van der Waals surface area (Å²) in [5, 5.41) is 8.77. The Kier molecular flexibility index (Phi) is 8.36. The van der Waals surface area contributed by atoms with Gasteiger partial charge in [-0.1, -0.05) is 25.1 Å². The second-order valence-corrected chi connectivity index (χ2v) is 6.21. The first kappa shape index (κ1) is 20.5. The SMILES string of the molecule is CCCOc1ccc(/C(=C/CCCCC(=O)O)c2cccnc2)cc1OC. The van der Waals surface area contributed by atoms with Gasteiger partial charge in [-0.05, 0) is 55.0 Å². The van der Waals surface area contributed by atoms with Crippen molar-refractivity contribution in [2.24, 2.45) is 0 Å². The van der Waals surface area contributed by atoms with Crippen molar-refractivity contribution < 1.29 is 19.4 Å². The number of hydrogen-bond acceptors (Lipinski definition) is 4. The summed E-state index contributed by atoms with van der Waals surface area (Å²) < 4.78 is 11.2. The summed E-state index contributed by atoms with van der Waals surface area (Å²) in [6, 6.07) is 9.84. The van der Waals surface area contributed by atoms with Crippen LogP contribution in [0.5, 0.6) is 11.5 Å². The van der Waals surface area contributed by atoms with Crippen molar-refractivity contribution in [3.63, 3.8) is 0 Å². The van der Waals surface area contributed by atoms with E-state index in [1.54, 1.807) is 13.3 Å². The summed E-state index contributed by atoms with van der Waals surface area (Å²) in [6.45, 7) is 2.71. The van der Waals surface area contributed by atoms with E-state index in [4.69, 9.17) is 14.6 Å². The lowest BCUT2D eigenvalue weighted by molar-refractivity contribution is -0.137. The highest BCUT2D eigenvalue weighted by Gasteiger charge is 2.11. The standard InChI is InChI=1S/C22H27NO4/c1-3-14-27-20-12-11-17(15-21(20)26-2)19(18-8-7-13-23-16-18)9-5-4-6-10-22(24)25/h7-9,11-13,15-16H,3-6,10,14H2,1-2H3,(H,24,25)/b19-9-. The van der Waals surface area contributed by atoms with E-state index in [1.807, 2.05) is 36.5 Å². The van der Waals surface area contributed by atoms with Gasteiger partial charge in [0.25, 0.3) is 0 Å². The van der Waals surface area contributed by atoms with E-state index in [9.17, 15) is 4.79 Å². The number of aliphatic carboxylic acids is 1. The molecule has 0 saturated carbocycles. The predicted molar refractivity (Wildman–Crippen MR) is 106 cm³/mol. The van der Waals surface area contributed by atoms with Crippen LogP contribution in [0.25, 0.3) is 5.57 Å². The third kappa shape index (κ3) is 6.44. The van der Waals surface area contributed by atoms with E-state index in [0.717, 1.165) is 41.7 Å². The molecule has 1 aromatic carbocycles. The maximum atomic E-state index is 10.7. The summed E-state index contributed by atoms with van der Waals surface area (Å²) in [6.07, 6.45) is 9.14. The highest BCUT2D eigenvalue weighted by molar-refractivity contribution is 5.80. The van der Waals surface area contributed by atoms with Crippen LogP contribution in [0.3, 0.4) is 0 Å². The van der Waals surface area contributed by atoms with Crippen LogP contribution < -0.4 is 9.47 Å². The molecule has 0 atom stereocenters. The Labute approximate surface area is 160 Å². The highest BCUT2D eigenvalue weighted by Crippen LogP contribution is 2.33. The van der Waals surface area contributed by atoms with Gasteiger partial charge in [0.15, 0.2) is 11.5 Å². The van der Waals surface area contributed by atoms with Crippen molar-refractivity contribution in [2.45, 2.75) is 39.0 Å². The molecule has 2 aromatic rings. The molecule has 1 N–H and O–H groups in total. The molecule has 27 heavy (non-hydrogen) atoms. The van der Waals surface area contributed by atoms with Crippen LogP contribution in [-0.4, -0.2) is 29.8 Å². The molecular weight excluding hydrogens is 342 g/mol. The summed E-state index contributed by atoms with van der Waals surface area (Å²) in [5.74, 6) is 0.676. The average Bonchev–Trinajstić information content (AvgIpc) is 2.69. The largest absolute Gasteiger partial charge is 0.493 e. The van der Waals surface area contributed by atoms with Gasteiger partial charge < -0.3 is 14.6 Å². The maximum Gasteiger partial charge on any atom is 0.303 e. The summed E-state index contributed by atoms with van der Waals surface area (Å²) >= 11 is 0. The minimum absolute atomic E-state index is 0.202. The van der Waals surface area contributed by atoms with Gasteiger partial charge in [-0.3, -0.25) is 9.78 Å². The first-order chi connectivity index (χ1) is 13.2. The molecule has 0 spiro atoms. The van der Waals surface area contributed by atoms with Gasteiger partial charge in [-0.15, -0.1) is 0 Å². The zero-order valence-corrected chi connectivity index (χ0v) is 16.0. The number of carboxylic acid groups (broad SMARTS) is 1. The first-order valence-corrected chi connectivity index (χ1v) is 9.29. The molecule has 0 aliphatic rings. The predicted octanol–water partition coefficient (Wildman–Crippen LogP) is 4.96.